The first-order valence-corrected chi connectivity index (χ1v) is 10.5. The fourth-order valence-electron chi connectivity index (χ4n) is 3.29. The lowest BCUT2D eigenvalue weighted by atomic mass is 9.95. The van der Waals surface area contributed by atoms with Gasteiger partial charge in [0.15, 0.2) is 17.0 Å². The summed E-state index contributed by atoms with van der Waals surface area (Å²) >= 11 is 1.44. The van der Waals surface area contributed by atoms with Crippen LogP contribution in [0, 0.1) is 0 Å². The largest absolute Gasteiger partial charge is 0.448 e. The Balaban J connectivity index is 1.70. The van der Waals surface area contributed by atoms with Gasteiger partial charge in [-0.15, -0.1) is 0 Å². The lowest BCUT2D eigenvalue weighted by molar-refractivity contribution is -0.130. The topological polar surface area (TPSA) is 73.2 Å². The number of rotatable bonds is 6. The maximum atomic E-state index is 12.7. The number of aromatic nitrogens is 2. The van der Waals surface area contributed by atoms with Crippen LogP contribution in [0.3, 0.4) is 0 Å². The van der Waals surface area contributed by atoms with Crippen LogP contribution in [0.25, 0.3) is 5.69 Å². The number of amides is 1. The molecule has 1 N–H and O–H groups in total. The quantitative estimate of drug-likeness (QED) is 0.606. The van der Waals surface area contributed by atoms with Gasteiger partial charge in [0.1, 0.15) is 0 Å². The molecule has 0 aliphatic heterocycles. The number of esters is 1. The lowest BCUT2D eigenvalue weighted by Crippen LogP contribution is -2.42. The van der Waals surface area contributed by atoms with E-state index in [0.29, 0.717) is 10.9 Å². The molecule has 1 saturated carbocycles. The molecule has 27 heavy (non-hydrogen) atoms. The molecular weight excluding hydrogens is 362 g/mol. The molecule has 6 nitrogen and oxygen atoms in total. The van der Waals surface area contributed by atoms with Gasteiger partial charge in [-0.05, 0) is 38.2 Å². The highest BCUT2D eigenvalue weighted by atomic mass is 32.2. The average molecular weight is 388 g/mol. The monoisotopic (exact) mass is 387 g/mol. The Morgan fingerprint density at radius 3 is 2.59 bits per heavy atom. The summed E-state index contributed by atoms with van der Waals surface area (Å²) in [6.07, 6.45) is 8.01. The molecule has 144 valence electrons. The van der Waals surface area contributed by atoms with E-state index in [9.17, 15) is 9.59 Å². The maximum absolute atomic E-state index is 12.7. The summed E-state index contributed by atoms with van der Waals surface area (Å²) < 4.78 is 7.19. The zero-order valence-electron chi connectivity index (χ0n) is 15.7. The van der Waals surface area contributed by atoms with Gasteiger partial charge in [-0.2, -0.15) is 0 Å². The number of thioether (sulfide) groups is 1. The summed E-state index contributed by atoms with van der Waals surface area (Å²) in [5.41, 5.74) is 1.13. The smallest absolute Gasteiger partial charge is 0.357 e. The Bertz CT molecular complexity index is 785. The van der Waals surface area contributed by atoms with Gasteiger partial charge in [0, 0.05) is 11.7 Å². The van der Waals surface area contributed by atoms with E-state index in [1.165, 1.54) is 24.4 Å². The normalized spacial score (nSPS) is 15.9. The zero-order valence-corrected chi connectivity index (χ0v) is 16.5. The Morgan fingerprint density at radius 1 is 1.22 bits per heavy atom. The van der Waals surface area contributed by atoms with E-state index in [-0.39, 0.29) is 11.9 Å². The molecule has 0 bridgehead atoms. The number of imidazole rings is 1. The third kappa shape index (κ3) is 4.71. The van der Waals surface area contributed by atoms with Crippen molar-refractivity contribution in [1.29, 1.82) is 0 Å². The summed E-state index contributed by atoms with van der Waals surface area (Å²) in [7, 11) is 0. The van der Waals surface area contributed by atoms with Gasteiger partial charge >= 0.3 is 5.97 Å². The minimum atomic E-state index is -0.851. The van der Waals surface area contributed by atoms with Crippen LogP contribution in [0.15, 0.2) is 41.7 Å². The summed E-state index contributed by atoms with van der Waals surface area (Å²) in [5.74, 6) is -0.802. The number of carbonyl (C=O) groups is 2. The maximum Gasteiger partial charge on any atom is 0.357 e. The van der Waals surface area contributed by atoms with E-state index < -0.39 is 12.1 Å². The molecule has 7 heteroatoms. The SMILES string of the molecule is CSc1ncc(C(=O)O[C@H](C)C(=O)NC2CCCCC2)n1-c1ccccc1. The van der Waals surface area contributed by atoms with Crippen molar-refractivity contribution in [2.24, 2.45) is 0 Å². The number of carbonyl (C=O) groups excluding carboxylic acids is 2. The second-order valence-electron chi connectivity index (χ2n) is 6.69. The summed E-state index contributed by atoms with van der Waals surface area (Å²) in [6, 6.07) is 9.69. The molecule has 1 fully saturated rings. The van der Waals surface area contributed by atoms with Gasteiger partial charge in [0.25, 0.3) is 5.91 Å². The van der Waals surface area contributed by atoms with Crippen LogP contribution in [-0.4, -0.2) is 39.8 Å². The van der Waals surface area contributed by atoms with Crippen molar-refractivity contribution >= 4 is 23.6 Å². The molecular formula is C20H25N3O3S. The predicted molar refractivity (Wildman–Crippen MR) is 105 cm³/mol. The third-order valence-electron chi connectivity index (χ3n) is 4.74. The minimum Gasteiger partial charge on any atom is -0.448 e. The Morgan fingerprint density at radius 2 is 1.93 bits per heavy atom. The van der Waals surface area contributed by atoms with Crippen LogP contribution in [0.4, 0.5) is 0 Å². The molecule has 0 unspecified atom stereocenters. The summed E-state index contributed by atoms with van der Waals surface area (Å²) in [6.45, 7) is 1.61. The van der Waals surface area contributed by atoms with E-state index in [0.717, 1.165) is 31.4 Å². The first-order chi connectivity index (χ1) is 13.1. The van der Waals surface area contributed by atoms with Gasteiger partial charge in [0.05, 0.1) is 6.20 Å². The molecule has 3 rings (SSSR count). The fourth-order valence-corrected chi connectivity index (χ4v) is 3.83. The highest BCUT2D eigenvalue weighted by Gasteiger charge is 2.25. The zero-order chi connectivity index (χ0) is 19.2. The number of nitrogens with one attached hydrogen (secondary N) is 1. The van der Waals surface area contributed by atoms with E-state index in [4.69, 9.17) is 4.74 Å². The second-order valence-corrected chi connectivity index (χ2v) is 7.47. The highest BCUT2D eigenvalue weighted by Crippen LogP contribution is 2.22. The van der Waals surface area contributed by atoms with Gasteiger partial charge < -0.3 is 10.1 Å². The Kier molecular flexibility index (Phi) is 6.55. The minimum absolute atomic E-state index is 0.186. The first-order valence-electron chi connectivity index (χ1n) is 9.28. The van der Waals surface area contributed by atoms with Crippen LogP contribution < -0.4 is 5.32 Å². The van der Waals surface area contributed by atoms with Crippen LogP contribution in [0.5, 0.6) is 0 Å². The van der Waals surface area contributed by atoms with Crippen molar-refractivity contribution in [2.75, 3.05) is 6.26 Å². The molecule has 1 aliphatic rings. The van der Waals surface area contributed by atoms with Crippen molar-refractivity contribution in [3.8, 4) is 5.69 Å². The van der Waals surface area contributed by atoms with Crippen molar-refractivity contribution in [3.05, 3.63) is 42.2 Å². The van der Waals surface area contributed by atoms with E-state index in [1.54, 1.807) is 11.5 Å². The number of hydrogen-bond donors (Lipinski definition) is 1. The van der Waals surface area contributed by atoms with Crippen LogP contribution in [0.1, 0.15) is 49.5 Å². The van der Waals surface area contributed by atoms with E-state index in [2.05, 4.69) is 10.3 Å². The molecule has 0 saturated heterocycles. The van der Waals surface area contributed by atoms with Gasteiger partial charge in [0.2, 0.25) is 0 Å². The Labute approximate surface area is 163 Å². The van der Waals surface area contributed by atoms with E-state index >= 15 is 0 Å². The van der Waals surface area contributed by atoms with Gasteiger partial charge in [-0.25, -0.2) is 9.78 Å². The van der Waals surface area contributed by atoms with Crippen molar-refractivity contribution in [3.63, 3.8) is 0 Å². The number of ether oxygens (including phenoxy) is 1. The Hall–Kier alpha value is -2.28. The van der Waals surface area contributed by atoms with E-state index in [1.807, 2.05) is 36.6 Å². The predicted octanol–water partition coefficient (Wildman–Crippen LogP) is 3.59. The second kappa shape index (κ2) is 9.08. The number of para-hydroxylation sites is 1. The first kappa shape index (κ1) is 19.5. The summed E-state index contributed by atoms with van der Waals surface area (Å²) in [4.78, 5) is 29.4. The molecule has 1 aromatic carbocycles. The molecule has 1 atom stereocenters. The van der Waals surface area contributed by atoms with Gasteiger partial charge in [-0.3, -0.25) is 9.36 Å². The lowest BCUT2D eigenvalue weighted by Gasteiger charge is -2.24. The molecule has 1 amide bonds. The molecule has 1 aliphatic carbocycles. The van der Waals surface area contributed by atoms with Gasteiger partial charge in [-0.1, -0.05) is 49.2 Å². The molecule has 0 radical (unpaired) electrons. The fraction of sp³-hybridized carbons (Fsp3) is 0.450. The summed E-state index contributed by atoms with van der Waals surface area (Å²) in [5, 5.41) is 3.68. The third-order valence-corrected chi connectivity index (χ3v) is 5.39. The highest BCUT2D eigenvalue weighted by molar-refractivity contribution is 7.98. The number of hydrogen-bond acceptors (Lipinski definition) is 5. The molecule has 1 aromatic heterocycles. The number of benzene rings is 1. The molecule has 0 spiro atoms. The van der Waals surface area contributed by atoms with Crippen molar-refractivity contribution < 1.29 is 14.3 Å². The van der Waals surface area contributed by atoms with Crippen molar-refractivity contribution in [2.45, 2.75) is 56.3 Å². The average Bonchev–Trinajstić information content (AvgIpc) is 3.13. The van der Waals surface area contributed by atoms with Crippen LogP contribution >= 0.6 is 11.8 Å². The molecule has 2 aromatic rings. The standard InChI is InChI=1S/C20H25N3O3S/c1-14(18(24)22-15-9-5-3-6-10-15)26-19(25)17-13-21-20(27-2)23(17)16-11-7-4-8-12-16/h4,7-8,11-15H,3,5-6,9-10H2,1-2H3,(H,22,24)/t14-/m1/s1. The number of nitrogens with zero attached hydrogens (tertiary/aromatic N) is 2. The van der Waals surface area contributed by atoms with Crippen LogP contribution in [-0.2, 0) is 9.53 Å². The molecule has 1 heterocycles. The van der Waals surface area contributed by atoms with Crippen molar-refractivity contribution in [1.82, 2.24) is 14.9 Å². The van der Waals surface area contributed by atoms with Crippen LogP contribution in [0.2, 0.25) is 0 Å².